The molecule has 2 heterocycles. The van der Waals surface area contributed by atoms with Gasteiger partial charge in [0.25, 0.3) is 0 Å². The average molecular weight is 397 g/mol. The Morgan fingerprint density at radius 1 is 1.14 bits per heavy atom. The van der Waals surface area contributed by atoms with Crippen LogP contribution >= 0.6 is 11.8 Å². The molecule has 0 unspecified atom stereocenters. The third-order valence-electron chi connectivity index (χ3n) is 5.23. The summed E-state index contributed by atoms with van der Waals surface area (Å²) in [6.07, 6.45) is 7.54. The van der Waals surface area contributed by atoms with E-state index in [1.54, 1.807) is 6.26 Å². The number of amides is 1. The van der Waals surface area contributed by atoms with Gasteiger partial charge in [-0.3, -0.25) is 9.36 Å². The fraction of sp³-hybridized carbons (Fsp3) is 0.381. The minimum Gasteiger partial charge on any atom is -0.461 e. The Labute approximate surface area is 168 Å². The summed E-state index contributed by atoms with van der Waals surface area (Å²) < 4.78 is 7.47. The molecule has 0 spiro atoms. The van der Waals surface area contributed by atoms with E-state index >= 15 is 0 Å². The zero-order valence-electron chi connectivity index (χ0n) is 16.0. The van der Waals surface area contributed by atoms with Crippen molar-refractivity contribution in [2.75, 3.05) is 12.8 Å². The number of benzene rings is 1. The lowest BCUT2D eigenvalue weighted by molar-refractivity contribution is -0.129. The van der Waals surface area contributed by atoms with Gasteiger partial charge in [0.05, 0.1) is 12.0 Å². The Morgan fingerprint density at radius 2 is 1.93 bits per heavy atom. The molecule has 1 amide bonds. The predicted molar refractivity (Wildman–Crippen MR) is 109 cm³/mol. The fourth-order valence-corrected chi connectivity index (χ4v) is 4.51. The van der Waals surface area contributed by atoms with Gasteiger partial charge in [-0.25, -0.2) is 0 Å². The minimum absolute atomic E-state index is 0.138. The maximum absolute atomic E-state index is 12.7. The lowest BCUT2D eigenvalue weighted by atomic mass is 9.94. The maximum atomic E-state index is 12.7. The summed E-state index contributed by atoms with van der Waals surface area (Å²) in [6, 6.07) is 14.0. The van der Waals surface area contributed by atoms with Crippen molar-refractivity contribution >= 4 is 17.7 Å². The van der Waals surface area contributed by atoms with Crippen LogP contribution in [0.25, 0.3) is 17.3 Å². The number of furan rings is 1. The van der Waals surface area contributed by atoms with Crippen LogP contribution in [0.4, 0.5) is 0 Å². The van der Waals surface area contributed by atoms with Crippen LogP contribution in [0, 0.1) is 0 Å². The third kappa shape index (κ3) is 3.99. The third-order valence-corrected chi connectivity index (χ3v) is 6.14. The molecule has 6 nitrogen and oxygen atoms in total. The van der Waals surface area contributed by atoms with Crippen molar-refractivity contribution in [3.8, 4) is 17.3 Å². The number of thioether (sulfide) groups is 1. The first-order valence-corrected chi connectivity index (χ1v) is 10.7. The topological polar surface area (TPSA) is 64.2 Å². The second kappa shape index (κ2) is 8.65. The molecular weight excluding hydrogens is 372 g/mol. The van der Waals surface area contributed by atoms with Crippen molar-refractivity contribution in [1.29, 1.82) is 0 Å². The molecule has 1 saturated carbocycles. The predicted octanol–water partition coefficient (Wildman–Crippen LogP) is 4.41. The van der Waals surface area contributed by atoms with Crippen molar-refractivity contribution in [2.24, 2.45) is 0 Å². The summed E-state index contributed by atoms with van der Waals surface area (Å²) in [5.74, 6) is 1.76. The number of hydrogen-bond acceptors (Lipinski definition) is 5. The van der Waals surface area contributed by atoms with Crippen molar-refractivity contribution in [2.45, 2.75) is 43.3 Å². The van der Waals surface area contributed by atoms with Crippen LogP contribution in [0.3, 0.4) is 0 Å². The van der Waals surface area contributed by atoms with E-state index in [4.69, 9.17) is 4.42 Å². The highest BCUT2D eigenvalue weighted by molar-refractivity contribution is 7.99. The second-order valence-electron chi connectivity index (χ2n) is 7.04. The van der Waals surface area contributed by atoms with E-state index in [2.05, 4.69) is 10.2 Å². The monoisotopic (exact) mass is 396 g/mol. The number of para-hydroxylation sites is 1. The Bertz CT molecular complexity index is 902. The molecule has 146 valence electrons. The quantitative estimate of drug-likeness (QED) is 0.578. The van der Waals surface area contributed by atoms with E-state index in [0.717, 1.165) is 18.5 Å². The number of aromatic nitrogens is 3. The van der Waals surface area contributed by atoms with Crippen LogP contribution in [0.5, 0.6) is 0 Å². The average Bonchev–Trinajstić information content (AvgIpc) is 3.42. The van der Waals surface area contributed by atoms with Gasteiger partial charge in [0, 0.05) is 18.8 Å². The Kier molecular flexibility index (Phi) is 5.81. The second-order valence-corrected chi connectivity index (χ2v) is 7.98. The smallest absolute Gasteiger partial charge is 0.233 e. The number of hydrogen-bond donors (Lipinski definition) is 0. The molecule has 28 heavy (non-hydrogen) atoms. The zero-order chi connectivity index (χ0) is 19.3. The van der Waals surface area contributed by atoms with E-state index in [9.17, 15) is 4.79 Å². The number of carbonyl (C=O) groups excluding carboxylic acids is 1. The molecule has 0 bridgehead atoms. The van der Waals surface area contributed by atoms with Gasteiger partial charge in [-0.15, -0.1) is 10.2 Å². The molecule has 4 rings (SSSR count). The molecule has 1 aliphatic carbocycles. The number of nitrogens with zero attached hydrogens (tertiary/aromatic N) is 4. The Morgan fingerprint density at radius 3 is 2.64 bits per heavy atom. The zero-order valence-corrected chi connectivity index (χ0v) is 16.8. The lowest BCUT2D eigenvalue weighted by Gasteiger charge is -2.31. The fourth-order valence-electron chi connectivity index (χ4n) is 3.64. The van der Waals surface area contributed by atoms with E-state index in [-0.39, 0.29) is 5.91 Å². The molecule has 1 aromatic carbocycles. The summed E-state index contributed by atoms with van der Waals surface area (Å²) in [6.45, 7) is 0. The van der Waals surface area contributed by atoms with E-state index < -0.39 is 0 Å². The summed E-state index contributed by atoms with van der Waals surface area (Å²) >= 11 is 1.42. The highest BCUT2D eigenvalue weighted by Gasteiger charge is 2.24. The summed E-state index contributed by atoms with van der Waals surface area (Å²) in [5, 5.41) is 9.34. The van der Waals surface area contributed by atoms with Crippen molar-refractivity contribution in [3.63, 3.8) is 0 Å². The first-order chi connectivity index (χ1) is 13.7. The molecule has 2 aromatic heterocycles. The standard InChI is InChI=1S/C21H24N4O2S/c1-24(16-9-4-2-5-10-16)19(26)15-28-21-23-22-20(18-13-8-14-27-18)25(21)17-11-6-3-7-12-17/h3,6-8,11-14,16H,2,4-5,9-10,15H2,1H3. The minimum atomic E-state index is 0.138. The maximum Gasteiger partial charge on any atom is 0.233 e. The highest BCUT2D eigenvalue weighted by Crippen LogP contribution is 2.29. The van der Waals surface area contributed by atoms with E-state index in [1.165, 1.54) is 31.0 Å². The van der Waals surface area contributed by atoms with Gasteiger partial charge in [0.1, 0.15) is 0 Å². The van der Waals surface area contributed by atoms with Crippen LogP contribution in [0.15, 0.2) is 58.3 Å². The molecule has 3 aromatic rings. The molecule has 1 aliphatic rings. The molecule has 0 radical (unpaired) electrons. The summed E-state index contributed by atoms with van der Waals surface area (Å²) in [7, 11) is 1.93. The van der Waals surface area contributed by atoms with Gasteiger partial charge in [-0.1, -0.05) is 49.2 Å². The molecule has 7 heteroatoms. The molecule has 1 fully saturated rings. The summed E-state index contributed by atoms with van der Waals surface area (Å²) in [4.78, 5) is 14.6. The van der Waals surface area contributed by atoms with Crippen LogP contribution in [0.2, 0.25) is 0 Å². The first kappa shape index (κ1) is 18.8. The normalized spacial score (nSPS) is 14.9. The van der Waals surface area contributed by atoms with Crippen molar-refractivity contribution < 1.29 is 9.21 Å². The van der Waals surface area contributed by atoms with Gasteiger partial charge in [0.2, 0.25) is 11.7 Å². The molecule has 0 aliphatic heterocycles. The van der Waals surface area contributed by atoms with Gasteiger partial charge >= 0.3 is 0 Å². The van der Waals surface area contributed by atoms with Crippen LogP contribution in [-0.4, -0.2) is 44.4 Å². The Balaban J connectivity index is 1.54. The lowest BCUT2D eigenvalue weighted by Crippen LogP contribution is -2.39. The van der Waals surface area contributed by atoms with Gasteiger partial charge in [-0.2, -0.15) is 0 Å². The number of rotatable bonds is 6. The van der Waals surface area contributed by atoms with Gasteiger partial charge in [-0.05, 0) is 37.1 Å². The molecule has 0 atom stereocenters. The molecule has 0 saturated heterocycles. The SMILES string of the molecule is CN(C(=O)CSc1nnc(-c2ccco2)n1-c1ccccc1)C1CCCCC1. The van der Waals surface area contributed by atoms with Crippen LogP contribution < -0.4 is 0 Å². The van der Waals surface area contributed by atoms with E-state index in [0.29, 0.717) is 28.5 Å². The van der Waals surface area contributed by atoms with Gasteiger partial charge in [0.15, 0.2) is 10.9 Å². The van der Waals surface area contributed by atoms with E-state index in [1.807, 2.05) is 59.0 Å². The van der Waals surface area contributed by atoms with Gasteiger partial charge < -0.3 is 9.32 Å². The largest absolute Gasteiger partial charge is 0.461 e. The summed E-state index contributed by atoms with van der Waals surface area (Å²) in [5.41, 5.74) is 0.939. The molecule has 0 N–H and O–H groups in total. The Hall–Kier alpha value is -2.54. The first-order valence-electron chi connectivity index (χ1n) is 9.67. The number of carbonyl (C=O) groups is 1. The van der Waals surface area contributed by atoms with Crippen molar-refractivity contribution in [3.05, 3.63) is 48.7 Å². The van der Waals surface area contributed by atoms with Crippen LogP contribution in [-0.2, 0) is 4.79 Å². The molecular formula is C21H24N4O2S. The van der Waals surface area contributed by atoms with Crippen LogP contribution in [0.1, 0.15) is 32.1 Å². The highest BCUT2D eigenvalue weighted by atomic mass is 32.2. The van der Waals surface area contributed by atoms with Crippen molar-refractivity contribution in [1.82, 2.24) is 19.7 Å².